The third kappa shape index (κ3) is 12.6. The molecule has 300 valence electrons. The van der Waals surface area contributed by atoms with Gasteiger partial charge < -0.3 is 42.3 Å². The Labute approximate surface area is 322 Å². The number of nitrogens with zero attached hydrogens (tertiary/aromatic N) is 2. The first kappa shape index (κ1) is 44.1. The van der Waals surface area contributed by atoms with Crippen LogP contribution in [0.1, 0.15) is 70.9 Å². The second-order valence-corrected chi connectivity index (χ2v) is 14.6. The van der Waals surface area contributed by atoms with Gasteiger partial charge in [-0.1, -0.05) is 94.8 Å². The number of carbonyl (C=O) groups is 7. The van der Waals surface area contributed by atoms with Crippen LogP contribution in [0.2, 0.25) is 0 Å². The maximum atomic E-state index is 14.1. The SMILES string of the molecule is CCC(C)[C@@H](C(=O)N[C@H](C(N)=O)C(C)C)N(C)C(=O)[C@@H]1CCCN1C(=O)[C@@H](O)[C@H](Cc1ccccc1)NC(=O)[C@H](CC(N)=O)NC(=O)CCc1ccccc1. The van der Waals surface area contributed by atoms with Crippen molar-refractivity contribution in [3.8, 4) is 0 Å². The summed E-state index contributed by atoms with van der Waals surface area (Å²) in [6.07, 6.45) is -0.739. The van der Waals surface area contributed by atoms with Crippen molar-refractivity contribution in [2.24, 2.45) is 23.3 Å². The van der Waals surface area contributed by atoms with Crippen molar-refractivity contribution in [1.82, 2.24) is 25.8 Å². The van der Waals surface area contributed by atoms with Crippen molar-refractivity contribution in [2.45, 2.75) is 109 Å². The maximum absolute atomic E-state index is 14.1. The predicted octanol–water partition coefficient (Wildman–Crippen LogP) is 0.558. The number of aryl methyl sites for hydroxylation is 1. The van der Waals surface area contributed by atoms with Gasteiger partial charge in [0.15, 0.2) is 6.10 Å². The lowest BCUT2D eigenvalue weighted by molar-refractivity contribution is -0.152. The lowest BCUT2D eigenvalue weighted by Gasteiger charge is -2.37. The van der Waals surface area contributed by atoms with E-state index < -0.39 is 84.1 Å². The number of primary amides is 2. The summed E-state index contributed by atoms with van der Waals surface area (Å²) in [5, 5.41) is 19.6. The highest BCUT2D eigenvalue weighted by molar-refractivity contribution is 5.96. The molecule has 1 saturated heterocycles. The molecule has 0 saturated carbocycles. The van der Waals surface area contributed by atoms with Crippen LogP contribution >= 0.6 is 0 Å². The lowest BCUT2D eigenvalue weighted by atomic mass is 9.94. The first-order valence-corrected chi connectivity index (χ1v) is 18.9. The first-order chi connectivity index (χ1) is 26.0. The van der Waals surface area contributed by atoms with Gasteiger partial charge in [-0.05, 0) is 48.6 Å². The fourth-order valence-corrected chi connectivity index (χ4v) is 6.82. The van der Waals surface area contributed by atoms with Gasteiger partial charge in [0, 0.05) is 20.0 Å². The highest BCUT2D eigenvalue weighted by Gasteiger charge is 2.44. The number of benzene rings is 2. The minimum atomic E-state index is -1.85. The Kier molecular flexibility index (Phi) is 16.8. The Balaban J connectivity index is 1.83. The zero-order valence-corrected chi connectivity index (χ0v) is 32.4. The molecule has 1 aliphatic rings. The van der Waals surface area contributed by atoms with Gasteiger partial charge in [0.1, 0.15) is 24.2 Å². The Morgan fingerprint density at radius 2 is 1.47 bits per heavy atom. The van der Waals surface area contributed by atoms with Crippen LogP contribution in [0.3, 0.4) is 0 Å². The van der Waals surface area contributed by atoms with Crippen LogP contribution in [-0.2, 0) is 46.4 Å². The molecule has 7 amide bonds. The standard InChI is InChI=1S/C40H57N7O8/c1-6-25(4)34(38(53)45-33(24(2)3)36(42)51)46(5)39(54)30-18-13-21-47(30)40(55)35(50)28(22-27-16-11-8-12-17-27)44-37(52)29(23-31(41)48)43-32(49)20-19-26-14-9-7-10-15-26/h7-12,14-17,24-25,28-30,33-35,50H,6,13,18-23H2,1-5H3,(H2,41,48)(H2,42,51)(H,43,49)(H,44,52)(H,45,53)/t25?,28-,29-,30-,33-,34-,35-/m0/s1. The summed E-state index contributed by atoms with van der Waals surface area (Å²) in [5.74, 6) is -5.40. The molecule has 0 aromatic heterocycles. The smallest absolute Gasteiger partial charge is 0.254 e. The largest absolute Gasteiger partial charge is 0.381 e. The van der Waals surface area contributed by atoms with Crippen molar-refractivity contribution >= 4 is 41.4 Å². The molecular weight excluding hydrogens is 706 g/mol. The van der Waals surface area contributed by atoms with Crippen LogP contribution in [-0.4, -0.2) is 106 Å². The molecule has 15 nitrogen and oxygen atoms in total. The monoisotopic (exact) mass is 763 g/mol. The zero-order valence-electron chi connectivity index (χ0n) is 32.4. The molecule has 8 N–H and O–H groups in total. The van der Waals surface area contributed by atoms with Crippen LogP contribution in [0.15, 0.2) is 60.7 Å². The third-order valence-corrected chi connectivity index (χ3v) is 10.1. The molecular formula is C40H57N7O8. The molecule has 1 heterocycles. The molecule has 15 heteroatoms. The summed E-state index contributed by atoms with van der Waals surface area (Å²) in [7, 11) is 1.47. The minimum Gasteiger partial charge on any atom is -0.381 e. The normalized spacial score (nSPS) is 17.2. The van der Waals surface area contributed by atoms with Gasteiger partial charge >= 0.3 is 0 Å². The van der Waals surface area contributed by atoms with Crippen LogP contribution < -0.4 is 27.4 Å². The molecule has 3 rings (SSSR count). The Morgan fingerprint density at radius 3 is 2.02 bits per heavy atom. The maximum Gasteiger partial charge on any atom is 0.254 e. The first-order valence-electron chi connectivity index (χ1n) is 18.9. The average molecular weight is 764 g/mol. The van der Waals surface area contributed by atoms with Gasteiger partial charge in [0.05, 0.1) is 12.5 Å². The minimum absolute atomic E-state index is 0.00969. The van der Waals surface area contributed by atoms with E-state index in [1.807, 2.05) is 37.3 Å². The zero-order chi connectivity index (χ0) is 40.8. The van der Waals surface area contributed by atoms with Crippen molar-refractivity contribution < 1.29 is 38.7 Å². The third-order valence-electron chi connectivity index (χ3n) is 10.1. The molecule has 2 aromatic rings. The lowest BCUT2D eigenvalue weighted by Crippen LogP contribution is -2.61. The van der Waals surface area contributed by atoms with Crippen molar-refractivity contribution in [3.63, 3.8) is 0 Å². The number of hydrogen-bond acceptors (Lipinski definition) is 8. The fourth-order valence-electron chi connectivity index (χ4n) is 6.82. The van der Waals surface area contributed by atoms with Gasteiger partial charge in [0.2, 0.25) is 35.4 Å². The van der Waals surface area contributed by atoms with E-state index >= 15 is 0 Å². The Bertz CT molecular complexity index is 1640. The number of likely N-dealkylation sites (N-methyl/N-ethyl adjacent to an activating group) is 1. The molecule has 0 aliphatic carbocycles. The summed E-state index contributed by atoms with van der Waals surface area (Å²) >= 11 is 0. The number of nitrogens with one attached hydrogen (secondary N) is 3. The van der Waals surface area contributed by atoms with Crippen molar-refractivity contribution in [2.75, 3.05) is 13.6 Å². The number of aliphatic hydroxyl groups is 1. The highest BCUT2D eigenvalue weighted by Crippen LogP contribution is 2.25. The summed E-state index contributed by atoms with van der Waals surface area (Å²) in [6, 6.07) is 12.5. The number of aliphatic hydroxyl groups excluding tert-OH is 1. The van der Waals surface area contributed by atoms with E-state index in [1.165, 1.54) is 16.8 Å². The van der Waals surface area contributed by atoms with Gasteiger partial charge in [-0.15, -0.1) is 0 Å². The van der Waals surface area contributed by atoms with Gasteiger partial charge in [-0.25, -0.2) is 0 Å². The topological polar surface area (TPSA) is 234 Å². The van der Waals surface area contributed by atoms with E-state index in [0.29, 0.717) is 24.8 Å². The predicted molar refractivity (Wildman–Crippen MR) is 205 cm³/mol. The molecule has 0 bridgehead atoms. The van der Waals surface area contributed by atoms with Crippen LogP contribution in [0.25, 0.3) is 0 Å². The van der Waals surface area contributed by atoms with Crippen LogP contribution in [0.5, 0.6) is 0 Å². The number of likely N-dealkylation sites (tertiary alicyclic amines) is 1. The molecule has 1 aliphatic heterocycles. The number of carbonyl (C=O) groups excluding carboxylic acids is 7. The second-order valence-electron chi connectivity index (χ2n) is 14.6. The van der Waals surface area contributed by atoms with Crippen LogP contribution in [0.4, 0.5) is 0 Å². The number of nitrogens with two attached hydrogens (primary N) is 2. The van der Waals surface area contributed by atoms with E-state index in [2.05, 4.69) is 16.0 Å². The Hall–Kier alpha value is -5.31. The van der Waals surface area contributed by atoms with Gasteiger partial charge in [0.25, 0.3) is 5.91 Å². The van der Waals surface area contributed by atoms with Crippen molar-refractivity contribution in [1.29, 1.82) is 0 Å². The average Bonchev–Trinajstić information content (AvgIpc) is 3.65. The molecule has 0 spiro atoms. The molecule has 55 heavy (non-hydrogen) atoms. The Morgan fingerprint density at radius 1 is 0.873 bits per heavy atom. The van der Waals surface area contributed by atoms with E-state index in [9.17, 15) is 38.7 Å². The van der Waals surface area contributed by atoms with Gasteiger partial charge in [-0.2, -0.15) is 0 Å². The van der Waals surface area contributed by atoms with Crippen LogP contribution in [0, 0.1) is 11.8 Å². The number of hydrogen-bond donors (Lipinski definition) is 6. The fraction of sp³-hybridized carbons (Fsp3) is 0.525. The summed E-state index contributed by atoms with van der Waals surface area (Å²) in [5.41, 5.74) is 12.6. The highest BCUT2D eigenvalue weighted by atomic mass is 16.3. The van der Waals surface area contributed by atoms with E-state index in [-0.39, 0.29) is 37.6 Å². The number of rotatable bonds is 20. The molecule has 1 unspecified atom stereocenters. The van der Waals surface area contributed by atoms with Gasteiger partial charge in [-0.3, -0.25) is 33.6 Å². The van der Waals surface area contributed by atoms with E-state index in [4.69, 9.17) is 11.5 Å². The summed E-state index contributed by atoms with van der Waals surface area (Å²) in [6.45, 7) is 7.28. The quantitative estimate of drug-likeness (QED) is 0.111. The van der Waals surface area contributed by atoms with E-state index in [1.54, 1.807) is 51.1 Å². The second kappa shape index (κ2) is 21.0. The molecule has 0 radical (unpaired) electrons. The van der Waals surface area contributed by atoms with Crippen molar-refractivity contribution in [3.05, 3.63) is 71.8 Å². The van der Waals surface area contributed by atoms with E-state index in [0.717, 1.165) is 5.56 Å². The summed E-state index contributed by atoms with van der Waals surface area (Å²) < 4.78 is 0. The summed E-state index contributed by atoms with van der Waals surface area (Å²) in [4.78, 5) is 95.0. The molecule has 2 aromatic carbocycles. The molecule has 7 atom stereocenters. The number of amides is 7. The molecule has 1 fully saturated rings.